The minimum atomic E-state index is 0.152. The molecule has 0 aliphatic carbocycles. The first-order chi connectivity index (χ1) is 9.55. The molecule has 0 aromatic carbocycles. The maximum Gasteiger partial charge on any atom is 0.223 e. The van der Waals surface area contributed by atoms with Gasteiger partial charge in [-0.05, 0) is 40.5 Å². The highest BCUT2D eigenvalue weighted by Crippen LogP contribution is 2.20. The van der Waals surface area contributed by atoms with Gasteiger partial charge >= 0.3 is 0 Å². The fourth-order valence-corrected chi connectivity index (χ4v) is 3.28. The van der Waals surface area contributed by atoms with Crippen LogP contribution < -0.4 is 0 Å². The molecule has 0 aliphatic heterocycles. The van der Waals surface area contributed by atoms with Crippen molar-refractivity contribution in [3.05, 3.63) is 0 Å². The number of hydrogen-bond donors (Lipinski definition) is 0. The zero-order valence-electron chi connectivity index (χ0n) is 15.3. The Bertz CT molecular complexity index is 300. The third-order valence-electron chi connectivity index (χ3n) is 2.94. The molecule has 0 saturated carbocycles. The summed E-state index contributed by atoms with van der Waals surface area (Å²) in [6.07, 6.45) is 0.626. The van der Waals surface area contributed by atoms with Crippen LogP contribution in [-0.4, -0.2) is 79.6 Å². The number of rotatable bonds is 9. The molecule has 21 heavy (non-hydrogen) atoms. The van der Waals surface area contributed by atoms with Crippen molar-refractivity contribution in [2.75, 3.05) is 53.7 Å². The van der Waals surface area contributed by atoms with Gasteiger partial charge in [0, 0.05) is 37.2 Å². The lowest BCUT2D eigenvalue weighted by Gasteiger charge is -2.31. The standard InChI is InChI=1S/C16H35N3OS/c1-9-19(12-16(2,3)4)15(20)10-14(11-17(5)6)21-13-18(7)8/h14H,9-13H2,1-8H3. The highest BCUT2D eigenvalue weighted by Gasteiger charge is 2.23. The molecule has 1 atom stereocenters. The third kappa shape index (κ3) is 11.0. The molecule has 0 saturated heterocycles. The summed E-state index contributed by atoms with van der Waals surface area (Å²) >= 11 is 1.87. The van der Waals surface area contributed by atoms with Crippen LogP contribution in [0.3, 0.4) is 0 Å². The van der Waals surface area contributed by atoms with Gasteiger partial charge in [0.1, 0.15) is 0 Å². The van der Waals surface area contributed by atoms with Crippen LogP contribution in [0, 0.1) is 5.41 Å². The van der Waals surface area contributed by atoms with E-state index in [2.05, 4.69) is 65.7 Å². The summed E-state index contributed by atoms with van der Waals surface area (Å²) < 4.78 is 0. The Hall–Kier alpha value is -0.260. The molecule has 0 heterocycles. The largest absolute Gasteiger partial charge is 0.342 e. The highest BCUT2D eigenvalue weighted by atomic mass is 32.2. The highest BCUT2D eigenvalue weighted by molar-refractivity contribution is 7.99. The second-order valence-electron chi connectivity index (χ2n) is 7.43. The fraction of sp³-hybridized carbons (Fsp3) is 0.938. The van der Waals surface area contributed by atoms with Crippen molar-refractivity contribution >= 4 is 17.7 Å². The Morgan fingerprint density at radius 1 is 1.10 bits per heavy atom. The molecule has 0 radical (unpaired) electrons. The smallest absolute Gasteiger partial charge is 0.223 e. The first-order valence-electron chi connectivity index (χ1n) is 7.74. The Balaban J connectivity index is 4.60. The van der Waals surface area contributed by atoms with Crippen LogP contribution in [0.5, 0.6) is 0 Å². The number of hydrogen-bond acceptors (Lipinski definition) is 4. The van der Waals surface area contributed by atoms with Crippen LogP contribution in [0.1, 0.15) is 34.1 Å². The van der Waals surface area contributed by atoms with Gasteiger partial charge in [-0.3, -0.25) is 4.79 Å². The van der Waals surface area contributed by atoms with E-state index in [1.54, 1.807) is 0 Å². The molecule has 0 N–H and O–H groups in total. The SMILES string of the molecule is CCN(CC(C)(C)C)C(=O)CC(CN(C)C)SCN(C)C. The van der Waals surface area contributed by atoms with E-state index in [1.165, 1.54) is 0 Å². The summed E-state index contributed by atoms with van der Waals surface area (Å²) in [7, 11) is 8.28. The number of nitrogens with zero attached hydrogens (tertiary/aromatic N) is 3. The molecule has 0 aromatic heterocycles. The van der Waals surface area contributed by atoms with E-state index >= 15 is 0 Å². The molecule has 4 nitrogen and oxygen atoms in total. The van der Waals surface area contributed by atoms with Crippen molar-refractivity contribution in [3.63, 3.8) is 0 Å². The minimum absolute atomic E-state index is 0.152. The quantitative estimate of drug-likeness (QED) is 0.610. The molecule has 0 spiro atoms. The zero-order chi connectivity index (χ0) is 16.6. The van der Waals surface area contributed by atoms with Gasteiger partial charge in [0.05, 0.1) is 0 Å². The van der Waals surface area contributed by atoms with Gasteiger partial charge in [0.15, 0.2) is 0 Å². The molecule has 126 valence electrons. The lowest BCUT2D eigenvalue weighted by Crippen LogP contribution is -2.40. The normalized spacial score (nSPS) is 13.8. The predicted molar refractivity (Wildman–Crippen MR) is 94.8 cm³/mol. The zero-order valence-corrected chi connectivity index (χ0v) is 16.1. The Morgan fingerprint density at radius 2 is 1.67 bits per heavy atom. The van der Waals surface area contributed by atoms with Crippen LogP contribution in [0.15, 0.2) is 0 Å². The van der Waals surface area contributed by atoms with Crippen molar-refractivity contribution in [2.24, 2.45) is 5.41 Å². The molecule has 0 rings (SSSR count). The van der Waals surface area contributed by atoms with Gasteiger partial charge in [-0.2, -0.15) is 0 Å². The van der Waals surface area contributed by atoms with E-state index < -0.39 is 0 Å². The molecular formula is C16H35N3OS. The lowest BCUT2D eigenvalue weighted by atomic mass is 9.96. The fourth-order valence-electron chi connectivity index (χ4n) is 2.11. The van der Waals surface area contributed by atoms with E-state index in [-0.39, 0.29) is 11.3 Å². The maximum absolute atomic E-state index is 12.6. The first kappa shape index (κ1) is 20.7. The van der Waals surface area contributed by atoms with Crippen LogP contribution in [0.2, 0.25) is 0 Å². The van der Waals surface area contributed by atoms with Crippen molar-refractivity contribution in [1.82, 2.24) is 14.7 Å². The van der Waals surface area contributed by atoms with E-state index in [4.69, 9.17) is 0 Å². The van der Waals surface area contributed by atoms with Gasteiger partial charge in [-0.1, -0.05) is 20.8 Å². The topological polar surface area (TPSA) is 26.8 Å². The van der Waals surface area contributed by atoms with Gasteiger partial charge in [0.25, 0.3) is 0 Å². The Labute approximate surface area is 136 Å². The molecule has 0 aromatic rings. The number of carbonyl (C=O) groups is 1. The molecule has 5 heteroatoms. The molecule has 0 fully saturated rings. The van der Waals surface area contributed by atoms with Gasteiger partial charge < -0.3 is 14.7 Å². The summed E-state index contributed by atoms with van der Waals surface area (Å²) in [5, 5.41) is 0.351. The summed E-state index contributed by atoms with van der Waals surface area (Å²) in [6.45, 7) is 11.2. The Morgan fingerprint density at radius 3 is 2.05 bits per heavy atom. The predicted octanol–water partition coefficient (Wildman–Crippen LogP) is 2.45. The lowest BCUT2D eigenvalue weighted by molar-refractivity contribution is -0.132. The molecule has 1 unspecified atom stereocenters. The molecule has 1 amide bonds. The molecule has 0 bridgehead atoms. The second kappa shape index (κ2) is 9.70. The summed E-state index contributed by atoms with van der Waals surface area (Å²) in [4.78, 5) is 18.9. The molecule has 0 aliphatic rings. The third-order valence-corrected chi connectivity index (χ3v) is 4.39. The summed E-state index contributed by atoms with van der Waals surface area (Å²) in [5.41, 5.74) is 0.152. The van der Waals surface area contributed by atoms with Gasteiger partial charge in [-0.15, -0.1) is 11.8 Å². The van der Waals surface area contributed by atoms with Crippen LogP contribution >= 0.6 is 11.8 Å². The van der Waals surface area contributed by atoms with E-state index in [0.29, 0.717) is 11.7 Å². The van der Waals surface area contributed by atoms with E-state index in [0.717, 1.165) is 25.5 Å². The van der Waals surface area contributed by atoms with Gasteiger partial charge in [0.2, 0.25) is 5.91 Å². The van der Waals surface area contributed by atoms with Crippen molar-refractivity contribution in [3.8, 4) is 0 Å². The summed E-state index contributed by atoms with van der Waals surface area (Å²) in [5.74, 6) is 1.24. The monoisotopic (exact) mass is 317 g/mol. The van der Waals surface area contributed by atoms with Crippen LogP contribution in [0.25, 0.3) is 0 Å². The molecular weight excluding hydrogens is 282 g/mol. The van der Waals surface area contributed by atoms with Crippen LogP contribution in [0.4, 0.5) is 0 Å². The van der Waals surface area contributed by atoms with E-state index in [1.807, 2.05) is 16.7 Å². The number of amides is 1. The number of thioether (sulfide) groups is 1. The van der Waals surface area contributed by atoms with Crippen LogP contribution in [-0.2, 0) is 4.79 Å². The van der Waals surface area contributed by atoms with Crippen molar-refractivity contribution < 1.29 is 4.79 Å². The van der Waals surface area contributed by atoms with Gasteiger partial charge in [-0.25, -0.2) is 0 Å². The Kier molecular flexibility index (Phi) is 9.58. The first-order valence-corrected chi connectivity index (χ1v) is 8.79. The van der Waals surface area contributed by atoms with Crippen molar-refractivity contribution in [2.45, 2.75) is 39.4 Å². The average Bonchev–Trinajstić information content (AvgIpc) is 2.31. The number of carbonyl (C=O) groups excluding carboxylic acids is 1. The maximum atomic E-state index is 12.6. The minimum Gasteiger partial charge on any atom is -0.342 e. The van der Waals surface area contributed by atoms with E-state index in [9.17, 15) is 4.79 Å². The average molecular weight is 318 g/mol. The second-order valence-corrected chi connectivity index (χ2v) is 8.69. The summed E-state index contributed by atoms with van der Waals surface area (Å²) in [6, 6.07) is 0. The van der Waals surface area contributed by atoms with Crippen molar-refractivity contribution in [1.29, 1.82) is 0 Å².